The molecule has 0 saturated carbocycles. The van der Waals surface area contributed by atoms with Crippen molar-refractivity contribution in [2.45, 2.75) is 22.8 Å². The molecule has 13 heteroatoms. The monoisotopic (exact) mass is 606 g/mol. The molecule has 204 valence electrons. The first kappa shape index (κ1) is 28.9. The molecular weight excluding hydrogens is 582 g/mol. The summed E-state index contributed by atoms with van der Waals surface area (Å²) in [6, 6.07) is 16.2. The van der Waals surface area contributed by atoms with E-state index in [1.807, 2.05) is 0 Å². The fourth-order valence-corrected chi connectivity index (χ4v) is 5.27. The van der Waals surface area contributed by atoms with Gasteiger partial charge in [0.2, 0.25) is 5.95 Å². The number of hydrogen-bond acceptors (Lipinski definition) is 9. The molecule has 5 N–H and O–H groups in total. The van der Waals surface area contributed by atoms with Crippen molar-refractivity contribution >= 4 is 68.0 Å². The second-order valence-electron chi connectivity index (χ2n) is 8.63. The number of hydrogen-bond donors (Lipinski definition) is 5. The van der Waals surface area contributed by atoms with Crippen LogP contribution in [0.1, 0.15) is 6.92 Å². The summed E-state index contributed by atoms with van der Waals surface area (Å²) in [5.41, 5.74) is 1.95. The number of benzene rings is 3. The third kappa shape index (κ3) is 7.31. The third-order valence-corrected chi connectivity index (χ3v) is 8.46. The highest BCUT2D eigenvalue weighted by molar-refractivity contribution is 8.00. The molecule has 8 nitrogen and oxygen atoms in total. The number of aliphatic hydroxyl groups excluding tert-OH is 1. The van der Waals surface area contributed by atoms with Crippen LogP contribution in [0.2, 0.25) is 10.0 Å². The van der Waals surface area contributed by atoms with Gasteiger partial charge in [0.1, 0.15) is 11.6 Å². The molecule has 4 rings (SSSR count). The lowest BCUT2D eigenvalue weighted by atomic mass is 10.1. The average molecular weight is 608 g/mol. The number of aliphatic hydroxyl groups is 1. The van der Waals surface area contributed by atoms with E-state index in [1.165, 1.54) is 12.3 Å². The van der Waals surface area contributed by atoms with Crippen LogP contribution in [0.15, 0.2) is 76.7 Å². The van der Waals surface area contributed by atoms with Crippen LogP contribution >= 0.6 is 35.1 Å². The largest absolute Gasteiger partial charge is 0.394 e. The zero-order valence-corrected chi connectivity index (χ0v) is 24.0. The van der Waals surface area contributed by atoms with Gasteiger partial charge >= 0.3 is 0 Å². The molecule has 39 heavy (non-hydrogen) atoms. The van der Waals surface area contributed by atoms with Gasteiger partial charge in [0, 0.05) is 39.5 Å². The lowest BCUT2D eigenvalue weighted by Gasteiger charge is -2.17. The summed E-state index contributed by atoms with van der Waals surface area (Å²) < 4.78 is 37.7. The Morgan fingerprint density at radius 3 is 2.56 bits per heavy atom. The second-order valence-corrected chi connectivity index (χ2v) is 12.4. The second kappa shape index (κ2) is 12.4. The number of halogens is 3. The fraction of sp³-hybridized carbons (Fsp3) is 0.154. The summed E-state index contributed by atoms with van der Waals surface area (Å²) in [7, 11) is -2.82. The van der Waals surface area contributed by atoms with Crippen LogP contribution < -0.4 is 15.4 Å². The zero-order chi connectivity index (χ0) is 28.2. The SMILES string of the molecule is C[C@H](CO)Nc1nc(Nc2ccc(S(C)(=N)=O)cc2)ncc1-c1ccc(NSc2cccc(Cl)c2Cl)c(F)c1. The standard InChI is InChI=1S/C26H25Cl2FN6O2S2/c1-15(14-36)32-25-19(13-31-26(34-25)33-17-7-9-18(10-8-17)39(2,30)37)16-6-11-22(21(29)12-16)35-38-23-5-3-4-20(27)24(23)28/h3-13,15,30,35-36H,14H2,1-2H3,(H2,31,32,33,34)/t15-,39?/m1/s1. The molecule has 1 heterocycles. The molecule has 0 fully saturated rings. The van der Waals surface area contributed by atoms with E-state index in [-0.39, 0.29) is 24.3 Å². The third-order valence-electron chi connectivity index (χ3n) is 5.47. The van der Waals surface area contributed by atoms with Crippen LogP contribution in [-0.4, -0.2) is 38.2 Å². The predicted octanol–water partition coefficient (Wildman–Crippen LogP) is 7.28. The van der Waals surface area contributed by atoms with E-state index < -0.39 is 15.5 Å². The first-order chi connectivity index (χ1) is 18.5. The van der Waals surface area contributed by atoms with E-state index in [0.29, 0.717) is 42.5 Å². The molecule has 0 amide bonds. The van der Waals surface area contributed by atoms with Crippen LogP contribution in [0, 0.1) is 10.6 Å². The van der Waals surface area contributed by atoms with E-state index >= 15 is 4.39 Å². The molecule has 0 radical (unpaired) electrons. The minimum atomic E-state index is -2.82. The van der Waals surface area contributed by atoms with Crippen LogP contribution in [0.3, 0.4) is 0 Å². The Bertz CT molecular complexity index is 1590. The van der Waals surface area contributed by atoms with Gasteiger partial charge in [-0.2, -0.15) is 4.98 Å². The Kier molecular flexibility index (Phi) is 9.19. The number of anilines is 4. The van der Waals surface area contributed by atoms with Gasteiger partial charge in [0.05, 0.1) is 32.1 Å². The van der Waals surface area contributed by atoms with Crippen LogP contribution in [0.5, 0.6) is 0 Å². The van der Waals surface area contributed by atoms with Crippen molar-refractivity contribution in [3.63, 3.8) is 0 Å². The maximum atomic E-state index is 15.1. The summed E-state index contributed by atoms with van der Waals surface area (Å²) in [5, 5.41) is 16.6. The number of aromatic nitrogens is 2. The molecule has 4 aromatic rings. The molecule has 0 saturated heterocycles. The number of nitrogens with one attached hydrogen (secondary N) is 4. The van der Waals surface area contributed by atoms with Gasteiger partial charge < -0.3 is 20.5 Å². The van der Waals surface area contributed by atoms with Crippen molar-refractivity contribution in [1.82, 2.24) is 9.97 Å². The zero-order valence-electron chi connectivity index (χ0n) is 20.8. The van der Waals surface area contributed by atoms with Gasteiger partial charge in [-0.25, -0.2) is 18.4 Å². The van der Waals surface area contributed by atoms with Crippen LogP contribution in [0.25, 0.3) is 11.1 Å². The van der Waals surface area contributed by atoms with Crippen molar-refractivity contribution in [2.75, 3.05) is 28.2 Å². The average Bonchev–Trinajstić information content (AvgIpc) is 2.90. The number of nitrogens with zero attached hydrogens (tertiary/aromatic N) is 2. The van der Waals surface area contributed by atoms with E-state index in [9.17, 15) is 9.32 Å². The van der Waals surface area contributed by atoms with E-state index in [0.717, 1.165) is 11.9 Å². The van der Waals surface area contributed by atoms with Gasteiger partial charge in [0.25, 0.3) is 0 Å². The van der Waals surface area contributed by atoms with Gasteiger partial charge in [-0.3, -0.25) is 0 Å². The molecular formula is C26H25Cl2FN6O2S2. The summed E-state index contributed by atoms with van der Waals surface area (Å²) in [4.78, 5) is 9.99. The van der Waals surface area contributed by atoms with Gasteiger partial charge in [-0.15, -0.1) is 0 Å². The summed E-state index contributed by atoms with van der Waals surface area (Å²) in [6.45, 7) is 1.64. The molecule has 0 bridgehead atoms. The topological polar surface area (TPSA) is 123 Å². The maximum Gasteiger partial charge on any atom is 0.229 e. The van der Waals surface area contributed by atoms with Crippen molar-refractivity contribution in [2.24, 2.45) is 0 Å². The summed E-state index contributed by atoms with van der Waals surface area (Å²) >= 11 is 13.4. The smallest absolute Gasteiger partial charge is 0.229 e. The Hall–Kier alpha value is -3.09. The predicted molar refractivity (Wildman–Crippen MR) is 158 cm³/mol. The Balaban J connectivity index is 1.58. The molecule has 0 aliphatic carbocycles. The lowest BCUT2D eigenvalue weighted by Crippen LogP contribution is -2.21. The summed E-state index contributed by atoms with van der Waals surface area (Å²) in [6.07, 6.45) is 2.91. The fourth-order valence-electron chi connectivity index (χ4n) is 3.41. The molecule has 3 aromatic carbocycles. The molecule has 2 atom stereocenters. The molecule has 1 aromatic heterocycles. The van der Waals surface area contributed by atoms with Gasteiger partial charge in [-0.05, 0) is 73.0 Å². The first-order valence-electron chi connectivity index (χ1n) is 11.6. The highest BCUT2D eigenvalue weighted by Crippen LogP contribution is 2.35. The normalized spacial score (nSPS) is 13.4. The van der Waals surface area contributed by atoms with Crippen molar-refractivity contribution < 1.29 is 13.7 Å². The maximum absolute atomic E-state index is 15.1. The van der Waals surface area contributed by atoms with Crippen molar-refractivity contribution in [3.8, 4) is 11.1 Å². The molecule has 0 spiro atoms. The van der Waals surface area contributed by atoms with Gasteiger partial charge in [-0.1, -0.05) is 35.3 Å². The minimum Gasteiger partial charge on any atom is -0.394 e. The highest BCUT2D eigenvalue weighted by Gasteiger charge is 2.15. The lowest BCUT2D eigenvalue weighted by molar-refractivity contribution is 0.281. The van der Waals surface area contributed by atoms with E-state index in [2.05, 4.69) is 25.3 Å². The van der Waals surface area contributed by atoms with E-state index in [1.54, 1.807) is 67.7 Å². The van der Waals surface area contributed by atoms with Crippen LogP contribution in [-0.2, 0) is 9.73 Å². The van der Waals surface area contributed by atoms with E-state index in [4.69, 9.17) is 28.0 Å². The number of rotatable bonds is 10. The minimum absolute atomic E-state index is 0.141. The first-order valence-corrected chi connectivity index (χ1v) is 15.1. The quantitative estimate of drug-likeness (QED) is 0.119. The molecule has 0 aliphatic rings. The van der Waals surface area contributed by atoms with Crippen molar-refractivity contribution in [1.29, 1.82) is 4.78 Å². The Morgan fingerprint density at radius 2 is 1.90 bits per heavy atom. The Labute approximate surface area is 240 Å². The van der Waals surface area contributed by atoms with Crippen LogP contribution in [0.4, 0.5) is 27.5 Å². The highest BCUT2D eigenvalue weighted by atomic mass is 35.5. The molecule has 0 aliphatic heterocycles. The van der Waals surface area contributed by atoms with Crippen molar-refractivity contribution in [3.05, 3.63) is 82.7 Å². The van der Waals surface area contributed by atoms with Gasteiger partial charge in [0.15, 0.2) is 0 Å². The Morgan fingerprint density at radius 1 is 1.15 bits per heavy atom. The summed E-state index contributed by atoms with van der Waals surface area (Å²) in [5.74, 6) is 0.160. The molecule has 1 unspecified atom stereocenters.